The number of rotatable bonds is 1. The fourth-order valence-electron chi connectivity index (χ4n) is 0.233. The van der Waals surface area contributed by atoms with Gasteiger partial charge in [-0.1, -0.05) is 0 Å². The fraction of sp³-hybridized carbons (Fsp3) is 0.500. The molecule has 7 nitrogen and oxygen atoms in total. The van der Waals surface area contributed by atoms with E-state index in [0.29, 0.717) is 0 Å². The molecular formula is C2H7N5O2. The Kier molecular flexibility index (Phi) is 3.06. The summed E-state index contributed by atoms with van der Waals surface area (Å²) < 4.78 is 0. The number of nitrogens with zero attached hydrogens (tertiary/aromatic N) is 2. The van der Waals surface area contributed by atoms with Crippen molar-refractivity contribution in [3.8, 4) is 0 Å². The van der Waals surface area contributed by atoms with Crippen LogP contribution in [0.4, 0.5) is 0 Å². The maximum absolute atomic E-state index is 9.61. The van der Waals surface area contributed by atoms with Crippen molar-refractivity contribution in [3.05, 3.63) is 10.1 Å². The van der Waals surface area contributed by atoms with E-state index in [4.69, 9.17) is 5.84 Å². The standard InChI is InChI=1S/C2H7N5O2/c1-4-2(5-3)6-7(8)9/h3H2,1H3,(H2,4,5,6). The lowest BCUT2D eigenvalue weighted by Crippen LogP contribution is -2.40. The Bertz CT molecular complexity index is 125. The number of hydrogen-bond donors (Lipinski definition) is 3. The number of nitrogens with two attached hydrogens (primary N) is 1. The summed E-state index contributed by atoms with van der Waals surface area (Å²) in [5, 5.41) is 13.9. The van der Waals surface area contributed by atoms with E-state index in [-0.39, 0.29) is 5.96 Å². The molecule has 0 aromatic rings. The summed E-state index contributed by atoms with van der Waals surface area (Å²) >= 11 is 0. The van der Waals surface area contributed by atoms with E-state index in [0.717, 1.165) is 0 Å². The maximum Gasteiger partial charge on any atom is 0.282 e. The van der Waals surface area contributed by atoms with Gasteiger partial charge in [-0.3, -0.25) is 5.43 Å². The van der Waals surface area contributed by atoms with Crippen LogP contribution in [-0.4, -0.2) is 18.0 Å². The van der Waals surface area contributed by atoms with Crippen LogP contribution in [0.3, 0.4) is 0 Å². The zero-order valence-corrected chi connectivity index (χ0v) is 4.79. The van der Waals surface area contributed by atoms with Crippen LogP contribution in [0, 0.1) is 10.1 Å². The molecule has 0 rings (SSSR count). The van der Waals surface area contributed by atoms with Gasteiger partial charge in [0.2, 0.25) is 0 Å². The average Bonchev–Trinajstić information content (AvgIpc) is 1.82. The van der Waals surface area contributed by atoms with Crippen molar-refractivity contribution in [2.75, 3.05) is 7.05 Å². The lowest BCUT2D eigenvalue weighted by Gasteiger charge is -1.95. The van der Waals surface area contributed by atoms with E-state index >= 15 is 0 Å². The molecule has 9 heavy (non-hydrogen) atoms. The van der Waals surface area contributed by atoms with E-state index < -0.39 is 5.03 Å². The molecule has 0 fully saturated rings. The molecule has 0 atom stereocenters. The second-order valence-corrected chi connectivity index (χ2v) is 1.08. The van der Waals surface area contributed by atoms with Crippen LogP contribution >= 0.6 is 0 Å². The minimum Gasteiger partial charge on any atom is -0.353 e. The molecule has 0 radical (unpaired) electrons. The molecule has 0 aromatic heterocycles. The topological polar surface area (TPSA) is 106 Å². The first kappa shape index (κ1) is 7.63. The van der Waals surface area contributed by atoms with Gasteiger partial charge in [0.1, 0.15) is 5.10 Å². The molecule has 0 aliphatic carbocycles. The van der Waals surface area contributed by atoms with Crippen molar-refractivity contribution in [3.63, 3.8) is 0 Å². The molecule has 0 saturated carbocycles. The van der Waals surface area contributed by atoms with Crippen LogP contribution < -0.4 is 16.6 Å². The summed E-state index contributed by atoms with van der Waals surface area (Å²) in [6.45, 7) is 0. The van der Waals surface area contributed by atoms with E-state index in [2.05, 4.69) is 10.4 Å². The molecule has 0 heterocycles. The largest absolute Gasteiger partial charge is 0.353 e. The van der Waals surface area contributed by atoms with Crippen LogP contribution in [0.15, 0.2) is 5.10 Å². The number of hydrogen-bond acceptors (Lipinski definition) is 3. The average molecular weight is 133 g/mol. The predicted octanol–water partition coefficient (Wildman–Crippen LogP) is -1.78. The van der Waals surface area contributed by atoms with Crippen LogP contribution in [0.1, 0.15) is 0 Å². The van der Waals surface area contributed by atoms with Crippen molar-refractivity contribution >= 4 is 5.96 Å². The molecule has 0 aromatic carbocycles. The highest BCUT2D eigenvalue weighted by molar-refractivity contribution is 5.77. The summed E-state index contributed by atoms with van der Waals surface area (Å²) in [6.07, 6.45) is 0. The highest BCUT2D eigenvalue weighted by Gasteiger charge is 1.95. The molecule has 0 aliphatic heterocycles. The van der Waals surface area contributed by atoms with Gasteiger partial charge in [-0.15, -0.1) is 0 Å². The second-order valence-electron chi connectivity index (χ2n) is 1.08. The molecule has 0 spiro atoms. The molecule has 0 amide bonds. The lowest BCUT2D eigenvalue weighted by atomic mass is 11.0. The summed E-state index contributed by atoms with van der Waals surface area (Å²) in [6, 6.07) is 0. The Labute approximate surface area is 51.0 Å². The van der Waals surface area contributed by atoms with Crippen molar-refractivity contribution in [1.82, 2.24) is 10.7 Å². The fourth-order valence-corrected chi connectivity index (χ4v) is 0.233. The number of guanidine groups is 1. The number of hydrazone groups is 1. The van der Waals surface area contributed by atoms with E-state index in [9.17, 15) is 10.1 Å². The quantitative estimate of drug-likeness (QED) is 0.129. The van der Waals surface area contributed by atoms with Gasteiger partial charge in [-0.25, -0.2) is 16.0 Å². The van der Waals surface area contributed by atoms with Gasteiger partial charge >= 0.3 is 0 Å². The molecule has 4 N–H and O–H groups in total. The lowest BCUT2D eigenvalue weighted by molar-refractivity contribution is -0.485. The van der Waals surface area contributed by atoms with Gasteiger partial charge < -0.3 is 5.32 Å². The predicted molar refractivity (Wildman–Crippen MR) is 30.8 cm³/mol. The Morgan fingerprint density at radius 3 is 2.56 bits per heavy atom. The Hall–Kier alpha value is -1.37. The summed E-state index contributed by atoms with van der Waals surface area (Å²) in [7, 11) is 1.46. The highest BCUT2D eigenvalue weighted by atomic mass is 16.7. The summed E-state index contributed by atoms with van der Waals surface area (Å²) in [5.74, 6) is 4.70. The second kappa shape index (κ2) is 3.61. The van der Waals surface area contributed by atoms with Crippen molar-refractivity contribution in [1.29, 1.82) is 0 Å². The highest BCUT2D eigenvalue weighted by Crippen LogP contribution is 1.67. The SMILES string of the molecule is CN/C(=N\[N+](=O)[O-])NN. The molecule has 0 saturated heterocycles. The van der Waals surface area contributed by atoms with Crippen molar-refractivity contribution in [2.45, 2.75) is 0 Å². The van der Waals surface area contributed by atoms with Crippen LogP contribution in [-0.2, 0) is 0 Å². The number of nitro groups is 1. The number of nitrogens with one attached hydrogen (secondary N) is 2. The van der Waals surface area contributed by atoms with E-state index in [1.807, 2.05) is 5.43 Å². The van der Waals surface area contributed by atoms with Crippen LogP contribution in [0.2, 0.25) is 0 Å². The van der Waals surface area contributed by atoms with Gasteiger partial charge in [-0.2, -0.15) is 0 Å². The maximum atomic E-state index is 9.61. The molecule has 0 aliphatic rings. The van der Waals surface area contributed by atoms with Gasteiger partial charge in [-0.05, 0) is 0 Å². The summed E-state index contributed by atoms with van der Waals surface area (Å²) in [5.41, 5.74) is 1.98. The first-order chi connectivity index (χ1) is 4.20. The third-order valence-corrected chi connectivity index (χ3v) is 0.555. The molecule has 0 bridgehead atoms. The third-order valence-electron chi connectivity index (χ3n) is 0.555. The minimum atomic E-state index is -0.855. The first-order valence-electron chi connectivity index (χ1n) is 2.08. The van der Waals surface area contributed by atoms with Crippen LogP contribution in [0.5, 0.6) is 0 Å². The molecule has 0 unspecified atom stereocenters. The first-order valence-corrected chi connectivity index (χ1v) is 2.08. The Morgan fingerprint density at radius 1 is 1.89 bits per heavy atom. The van der Waals surface area contributed by atoms with Gasteiger partial charge in [0.05, 0.1) is 0 Å². The zero-order valence-electron chi connectivity index (χ0n) is 4.79. The van der Waals surface area contributed by atoms with Gasteiger partial charge in [0.15, 0.2) is 5.03 Å². The number of hydrazine groups is 1. The summed E-state index contributed by atoms with van der Waals surface area (Å²) in [4.78, 5) is 9.61. The Balaban J connectivity index is 3.91. The smallest absolute Gasteiger partial charge is 0.282 e. The Morgan fingerprint density at radius 2 is 2.44 bits per heavy atom. The van der Waals surface area contributed by atoms with Gasteiger partial charge in [0, 0.05) is 7.05 Å². The van der Waals surface area contributed by atoms with Crippen LogP contribution in [0.25, 0.3) is 0 Å². The minimum absolute atomic E-state index is 0.0833. The van der Waals surface area contributed by atoms with Gasteiger partial charge in [0.25, 0.3) is 5.96 Å². The van der Waals surface area contributed by atoms with Crippen molar-refractivity contribution in [2.24, 2.45) is 10.9 Å². The molecule has 52 valence electrons. The third kappa shape index (κ3) is 3.23. The zero-order chi connectivity index (χ0) is 7.28. The van der Waals surface area contributed by atoms with E-state index in [1.165, 1.54) is 7.05 Å². The normalized spacial score (nSPS) is 10.7. The monoisotopic (exact) mass is 133 g/mol. The van der Waals surface area contributed by atoms with E-state index in [1.54, 1.807) is 0 Å². The molecule has 7 heteroatoms. The molecular weight excluding hydrogens is 126 g/mol. The van der Waals surface area contributed by atoms with Crippen molar-refractivity contribution < 1.29 is 5.03 Å².